The number of benzene rings is 1. The Bertz CT molecular complexity index is 805. The van der Waals surface area contributed by atoms with E-state index in [0.717, 1.165) is 50.9 Å². The Morgan fingerprint density at radius 2 is 1.76 bits per heavy atom. The number of rotatable bonds is 5. The van der Waals surface area contributed by atoms with Crippen LogP contribution in [0.4, 0.5) is 11.5 Å². The number of ether oxygens (including phenoxy) is 2. The zero-order valence-corrected chi connectivity index (χ0v) is 16.7. The Morgan fingerprint density at radius 1 is 1.03 bits per heavy atom. The molecule has 2 fully saturated rings. The monoisotopic (exact) mass is 397 g/mol. The largest absolute Gasteiger partial charge is 0.481 e. The maximum atomic E-state index is 12.7. The second-order valence-corrected chi connectivity index (χ2v) is 7.26. The van der Waals surface area contributed by atoms with Gasteiger partial charge in [0.25, 0.3) is 5.91 Å². The van der Waals surface area contributed by atoms with E-state index in [0.29, 0.717) is 18.8 Å². The summed E-state index contributed by atoms with van der Waals surface area (Å²) in [7, 11) is 0. The number of hydrogen-bond acceptors (Lipinski definition) is 7. The number of amides is 1. The molecular weight excluding hydrogens is 370 g/mol. The number of piperazine rings is 1. The molecule has 8 nitrogen and oxygen atoms in total. The number of aromatic nitrogens is 2. The number of morpholine rings is 1. The molecule has 154 valence electrons. The highest BCUT2D eigenvalue weighted by molar-refractivity contribution is 5.81. The summed E-state index contributed by atoms with van der Waals surface area (Å²) in [6.07, 6.45) is 1.30. The van der Waals surface area contributed by atoms with Crippen LogP contribution in [-0.4, -0.2) is 79.6 Å². The van der Waals surface area contributed by atoms with Gasteiger partial charge in [-0.05, 0) is 19.1 Å². The molecule has 0 bridgehead atoms. The molecular formula is C21H27N5O3. The molecule has 1 aromatic heterocycles. The number of nitrogens with zero attached hydrogens (tertiary/aromatic N) is 5. The molecule has 2 aliphatic heterocycles. The molecule has 29 heavy (non-hydrogen) atoms. The van der Waals surface area contributed by atoms with Gasteiger partial charge in [-0.3, -0.25) is 4.79 Å². The van der Waals surface area contributed by atoms with Crippen LogP contribution in [-0.2, 0) is 9.53 Å². The summed E-state index contributed by atoms with van der Waals surface area (Å²) in [5.41, 5.74) is 1.07. The standard InChI is InChI=1S/C21H27N5O3/c1-17(29-19-5-3-2-4-6-19)21(27)26-9-7-25(8-10-26)20-15-18(16-22-23-20)24-11-13-28-14-12-24/h2-6,15-17H,7-14H2,1H3/t17-/m1/s1. The first-order valence-electron chi connectivity index (χ1n) is 10.1. The van der Waals surface area contributed by atoms with Crippen LogP contribution < -0.4 is 14.5 Å². The lowest BCUT2D eigenvalue weighted by atomic mass is 10.2. The Morgan fingerprint density at radius 3 is 2.48 bits per heavy atom. The van der Waals surface area contributed by atoms with Gasteiger partial charge in [0, 0.05) is 45.3 Å². The molecule has 3 heterocycles. The third-order valence-electron chi connectivity index (χ3n) is 5.32. The summed E-state index contributed by atoms with van der Waals surface area (Å²) in [6.45, 7) is 7.76. The van der Waals surface area contributed by atoms with Crippen LogP contribution in [0.25, 0.3) is 0 Å². The lowest BCUT2D eigenvalue weighted by Crippen LogP contribution is -2.52. The van der Waals surface area contributed by atoms with Gasteiger partial charge in [0.15, 0.2) is 11.9 Å². The van der Waals surface area contributed by atoms with Crippen molar-refractivity contribution in [3.8, 4) is 5.75 Å². The molecule has 1 amide bonds. The Balaban J connectivity index is 1.32. The fraction of sp³-hybridized carbons (Fsp3) is 0.476. The lowest BCUT2D eigenvalue weighted by Gasteiger charge is -2.36. The van der Waals surface area contributed by atoms with Crippen LogP contribution in [0, 0.1) is 0 Å². The highest BCUT2D eigenvalue weighted by atomic mass is 16.5. The molecule has 0 unspecified atom stereocenters. The summed E-state index contributed by atoms with van der Waals surface area (Å²) in [4.78, 5) is 19.1. The van der Waals surface area contributed by atoms with E-state index >= 15 is 0 Å². The molecule has 0 N–H and O–H groups in total. The summed E-state index contributed by atoms with van der Waals surface area (Å²) in [5.74, 6) is 1.58. The third-order valence-corrected chi connectivity index (χ3v) is 5.32. The number of para-hydroxylation sites is 1. The van der Waals surface area contributed by atoms with E-state index in [2.05, 4.69) is 26.1 Å². The molecule has 2 aromatic rings. The van der Waals surface area contributed by atoms with Crippen LogP contribution in [0.15, 0.2) is 42.6 Å². The van der Waals surface area contributed by atoms with E-state index in [9.17, 15) is 4.79 Å². The summed E-state index contributed by atoms with van der Waals surface area (Å²) in [5, 5.41) is 8.50. The Hall–Kier alpha value is -2.87. The second-order valence-electron chi connectivity index (χ2n) is 7.26. The van der Waals surface area contributed by atoms with E-state index in [1.807, 2.05) is 35.2 Å². The Labute approximate surface area is 171 Å². The van der Waals surface area contributed by atoms with Gasteiger partial charge in [-0.2, -0.15) is 5.10 Å². The van der Waals surface area contributed by atoms with Gasteiger partial charge in [-0.25, -0.2) is 0 Å². The van der Waals surface area contributed by atoms with Gasteiger partial charge in [-0.1, -0.05) is 18.2 Å². The van der Waals surface area contributed by atoms with E-state index in [4.69, 9.17) is 9.47 Å². The van der Waals surface area contributed by atoms with Crippen molar-refractivity contribution in [1.29, 1.82) is 0 Å². The molecule has 2 saturated heterocycles. The summed E-state index contributed by atoms with van der Waals surface area (Å²) in [6, 6.07) is 11.5. The average Bonchev–Trinajstić information content (AvgIpc) is 2.80. The van der Waals surface area contributed by atoms with Crippen LogP contribution in [0.1, 0.15) is 6.92 Å². The zero-order chi connectivity index (χ0) is 20.1. The number of carbonyl (C=O) groups is 1. The number of hydrogen-bond donors (Lipinski definition) is 0. The van der Waals surface area contributed by atoms with E-state index < -0.39 is 6.10 Å². The van der Waals surface area contributed by atoms with Crippen molar-refractivity contribution in [2.75, 3.05) is 62.3 Å². The van der Waals surface area contributed by atoms with Crippen molar-refractivity contribution >= 4 is 17.4 Å². The first-order valence-corrected chi connectivity index (χ1v) is 10.1. The van der Waals surface area contributed by atoms with Crippen molar-refractivity contribution in [1.82, 2.24) is 15.1 Å². The predicted octanol–water partition coefficient (Wildman–Crippen LogP) is 1.43. The Kier molecular flexibility index (Phi) is 6.09. The quantitative estimate of drug-likeness (QED) is 0.756. The maximum Gasteiger partial charge on any atom is 0.263 e. The first kappa shape index (κ1) is 19.4. The fourth-order valence-corrected chi connectivity index (χ4v) is 3.66. The van der Waals surface area contributed by atoms with E-state index in [-0.39, 0.29) is 5.91 Å². The highest BCUT2D eigenvalue weighted by Crippen LogP contribution is 2.21. The normalized spacial score (nSPS) is 18.4. The van der Waals surface area contributed by atoms with Crippen LogP contribution in [0.5, 0.6) is 5.75 Å². The van der Waals surface area contributed by atoms with Gasteiger partial charge in [0.05, 0.1) is 25.1 Å². The minimum atomic E-state index is -0.506. The molecule has 0 aliphatic carbocycles. The molecule has 8 heteroatoms. The maximum absolute atomic E-state index is 12.7. The fourth-order valence-electron chi connectivity index (χ4n) is 3.66. The average molecular weight is 397 g/mol. The first-order chi connectivity index (χ1) is 14.2. The van der Waals surface area contributed by atoms with Gasteiger partial charge < -0.3 is 24.2 Å². The zero-order valence-electron chi connectivity index (χ0n) is 16.7. The SMILES string of the molecule is C[C@@H](Oc1ccccc1)C(=O)N1CCN(c2cc(N3CCOCC3)cnn2)CC1. The predicted molar refractivity (Wildman–Crippen MR) is 110 cm³/mol. The van der Waals surface area contributed by atoms with Gasteiger partial charge >= 0.3 is 0 Å². The lowest BCUT2D eigenvalue weighted by molar-refractivity contribution is -0.138. The number of carbonyl (C=O) groups excluding carboxylic acids is 1. The summed E-state index contributed by atoms with van der Waals surface area (Å²) >= 11 is 0. The van der Waals surface area contributed by atoms with Gasteiger partial charge in [0.1, 0.15) is 5.75 Å². The van der Waals surface area contributed by atoms with Gasteiger partial charge in [-0.15, -0.1) is 5.10 Å². The van der Waals surface area contributed by atoms with Crippen molar-refractivity contribution in [3.63, 3.8) is 0 Å². The van der Waals surface area contributed by atoms with Crippen LogP contribution in [0.2, 0.25) is 0 Å². The summed E-state index contributed by atoms with van der Waals surface area (Å²) < 4.78 is 11.2. The highest BCUT2D eigenvalue weighted by Gasteiger charge is 2.27. The van der Waals surface area contributed by atoms with Crippen molar-refractivity contribution < 1.29 is 14.3 Å². The minimum absolute atomic E-state index is 0.0154. The molecule has 1 aromatic carbocycles. The third kappa shape index (κ3) is 4.76. The smallest absolute Gasteiger partial charge is 0.263 e. The molecule has 0 saturated carbocycles. The van der Waals surface area contributed by atoms with Crippen molar-refractivity contribution in [3.05, 3.63) is 42.6 Å². The van der Waals surface area contributed by atoms with E-state index in [1.54, 1.807) is 13.1 Å². The minimum Gasteiger partial charge on any atom is -0.481 e. The van der Waals surface area contributed by atoms with Crippen molar-refractivity contribution in [2.24, 2.45) is 0 Å². The molecule has 4 rings (SSSR count). The van der Waals surface area contributed by atoms with Gasteiger partial charge in [0.2, 0.25) is 0 Å². The van der Waals surface area contributed by atoms with Crippen LogP contribution >= 0.6 is 0 Å². The molecule has 0 radical (unpaired) electrons. The van der Waals surface area contributed by atoms with Crippen molar-refractivity contribution in [2.45, 2.75) is 13.0 Å². The molecule has 2 aliphatic rings. The van der Waals surface area contributed by atoms with Crippen LogP contribution in [0.3, 0.4) is 0 Å². The molecule has 0 spiro atoms. The number of anilines is 2. The molecule has 1 atom stereocenters. The van der Waals surface area contributed by atoms with E-state index in [1.165, 1.54) is 0 Å². The topological polar surface area (TPSA) is 71.0 Å². The second kappa shape index (κ2) is 9.09.